The largest absolute Gasteiger partial charge is 0.433 e. The van der Waals surface area contributed by atoms with Gasteiger partial charge in [-0.15, -0.1) is 0 Å². The summed E-state index contributed by atoms with van der Waals surface area (Å²) in [4.78, 5) is 3.37. The summed E-state index contributed by atoms with van der Waals surface area (Å²) < 4.78 is 36.7. The van der Waals surface area contributed by atoms with Gasteiger partial charge in [-0.1, -0.05) is 13.8 Å². The molecule has 0 aliphatic carbocycles. The summed E-state index contributed by atoms with van der Waals surface area (Å²) in [6.07, 6.45) is -3.16. The fourth-order valence-corrected chi connectivity index (χ4v) is 1.08. The third-order valence-electron chi connectivity index (χ3n) is 2.45. The van der Waals surface area contributed by atoms with Crippen molar-refractivity contribution in [3.8, 4) is 0 Å². The second-order valence-corrected chi connectivity index (χ2v) is 4.11. The number of alkyl halides is 3. The van der Waals surface area contributed by atoms with Gasteiger partial charge in [-0.05, 0) is 25.0 Å². The van der Waals surface area contributed by atoms with Crippen molar-refractivity contribution in [3.05, 3.63) is 24.0 Å². The highest BCUT2D eigenvalue weighted by Crippen LogP contribution is 2.27. The van der Waals surface area contributed by atoms with E-state index in [4.69, 9.17) is 0 Å². The first kappa shape index (κ1) is 12.8. The number of hydrogen-bond acceptors (Lipinski definition) is 2. The Bertz CT molecular complexity index is 330. The monoisotopic (exact) mass is 232 g/mol. The molecule has 2 nitrogen and oxygen atoms in total. The summed E-state index contributed by atoms with van der Waals surface area (Å²) in [6, 6.07) is 2.57. The number of rotatable bonds is 3. The molecular formula is C11H15F3N2. The van der Waals surface area contributed by atoms with Crippen LogP contribution in [0.1, 0.15) is 26.5 Å². The second kappa shape index (κ2) is 4.72. The number of hydrogen-bond donors (Lipinski definition) is 1. The molecule has 0 saturated carbocycles. The molecule has 0 bridgehead atoms. The van der Waals surface area contributed by atoms with Crippen LogP contribution in [-0.4, -0.2) is 11.0 Å². The zero-order valence-electron chi connectivity index (χ0n) is 9.47. The maximum absolute atomic E-state index is 12.2. The van der Waals surface area contributed by atoms with Crippen molar-refractivity contribution in [2.45, 2.75) is 33.0 Å². The van der Waals surface area contributed by atoms with Crippen molar-refractivity contribution < 1.29 is 13.2 Å². The molecule has 90 valence electrons. The van der Waals surface area contributed by atoms with Crippen LogP contribution in [0, 0.1) is 5.92 Å². The zero-order valence-corrected chi connectivity index (χ0v) is 9.47. The molecule has 1 N–H and O–H groups in total. The number of nitrogens with zero attached hydrogens (tertiary/aromatic N) is 1. The Morgan fingerprint density at radius 2 is 1.81 bits per heavy atom. The summed E-state index contributed by atoms with van der Waals surface area (Å²) in [5.41, 5.74) is -0.260. The van der Waals surface area contributed by atoms with Gasteiger partial charge in [0.15, 0.2) is 0 Å². The van der Waals surface area contributed by atoms with Gasteiger partial charge in [-0.3, -0.25) is 0 Å². The molecule has 0 spiro atoms. The van der Waals surface area contributed by atoms with Crippen LogP contribution < -0.4 is 5.32 Å². The SMILES string of the molecule is CC(C)C(C)Nc1ccc(C(F)(F)F)nc1. The normalized spacial score (nSPS) is 13.9. The van der Waals surface area contributed by atoms with Gasteiger partial charge >= 0.3 is 6.18 Å². The molecule has 1 aromatic heterocycles. The number of aromatic nitrogens is 1. The molecule has 0 radical (unpaired) electrons. The van der Waals surface area contributed by atoms with Crippen LogP contribution in [0.4, 0.5) is 18.9 Å². The van der Waals surface area contributed by atoms with Crippen molar-refractivity contribution in [1.29, 1.82) is 0 Å². The van der Waals surface area contributed by atoms with E-state index in [9.17, 15) is 13.2 Å². The average Bonchev–Trinajstić information content (AvgIpc) is 2.17. The fourth-order valence-electron chi connectivity index (χ4n) is 1.08. The Balaban J connectivity index is 2.72. The van der Waals surface area contributed by atoms with Gasteiger partial charge in [0.2, 0.25) is 0 Å². The van der Waals surface area contributed by atoms with Gasteiger partial charge in [-0.2, -0.15) is 13.2 Å². The molecule has 1 atom stereocenters. The molecule has 1 heterocycles. The fraction of sp³-hybridized carbons (Fsp3) is 0.545. The van der Waals surface area contributed by atoms with Crippen molar-refractivity contribution in [3.63, 3.8) is 0 Å². The molecule has 1 aromatic rings. The molecule has 0 amide bonds. The number of pyridine rings is 1. The Morgan fingerprint density at radius 1 is 1.19 bits per heavy atom. The van der Waals surface area contributed by atoms with Crippen molar-refractivity contribution in [2.75, 3.05) is 5.32 Å². The lowest BCUT2D eigenvalue weighted by atomic mass is 10.1. The van der Waals surface area contributed by atoms with Crippen LogP contribution in [-0.2, 0) is 6.18 Å². The van der Waals surface area contributed by atoms with E-state index in [1.165, 1.54) is 12.3 Å². The van der Waals surface area contributed by atoms with E-state index < -0.39 is 11.9 Å². The van der Waals surface area contributed by atoms with Crippen LogP contribution in [0.25, 0.3) is 0 Å². The summed E-state index contributed by atoms with van der Waals surface area (Å²) in [7, 11) is 0. The van der Waals surface area contributed by atoms with Gasteiger partial charge in [0.25, 0.3) is 0 Å². The smallest absolute Gasteiger partial charge is 0.381 e. The lowest BCUT2D eigenvalue weighted by Crippen LogP contribution is -2.21. The molecule has 0 fully saturated rings. The van der Waals surface area contributed by atoms with Crippen molar-refractivity contribution in [1.82, 2.24) is 4.98 Å². The minimum atomic E-state index is -4.37. The first-order chi connectivity index (χ1) is 7.30. The third kappa shape index (κ3) is 3.40. The predicted molar refractivity (Wildman–Crippen MR) is 57.2 cm³/mol. The van der Waals surface area contributed by atoms with E-state index in [0.29, 0.717) is 11.6 Å². The molecule has 1 rings (SSSR count). The zero-order chi connectivity index (χ0) is 12.3. The standard InChI is InChI=1S/C11H15F3N2/c1-7(2)8(3)16-9-4-5-10(15-6-9)11(12,13)14/h4-8,16H,1-3H3. The van der Waals surface area contributed by atoms with Gasteiger partial charge in [0.05, 0.1) is 11.9 Å². The Labute approximate surface area is 92.9 Å². The van der Waals surface area contributed by atoms with Crippen LogP contribution in [0.2, 0.25) is 0 Å². The van der Waals surface area contributed by atoms with E-state index in [-0.39, 0.29) is 6.04 Å². The first-order valence-electron chi connectivity index (χ1n) is 5.10. The number of anilines is 1. The molecule has 0 saturated heterocycles. The summed E-state index contributed by atoms with van der Waals surface area (Å²) in [5.74, 6) is 0.405. The van der Waals surface area contributed by atoms with Gasteiger partial charge < -0.3 is 5.32 Å². The molecule has 0 aliphatic rings. The van der Waals surface area contributed by atoms with Crippen LogP contribution in [0.3, 0.4) is 0 Å². The van der Waals surface area contributed by atoms with E-state index in [1.807, 2.05) is 20.8 Å². The molecule has 1 unspecified atom stereocenters. The predicted octanol–water partition coefficient (Wildman–Crippen LogP) is 3.56. The van der Waals surface area contributed by atoms with E-state index in [1.54, 1.807) is 0 Å². The van der Waals surface area contributed by atoms with E-state index in [0.717, 1.165) is 6.07 Å². The average molecular weight is 232 g/mol. The lowest BCUT2D eigenvalue weighted by molar-refractivity contribution is -0.141. The molecule has 0 aromatic carbocycles. The highest BCUT2D eigenvalue weighted by molar-refractivity contribution is 5.42. The second-order valence-electron chi connectivity index (χ2n) is 4.11. The Kier molecular flexibility index (Phi) is 3.78. The Hall–Kier alpha value is -1.26. The Morgan fingerprint density at radius 3 is 2.19 bits per heavy atom. The molecular weight excluding hydrogens is 217 g/mol. The maximum Gasteiger partial charge on any atom is 0.433 e. The highest BCUT2D eigenvalue weighted by Gasteiger charge is 2.32. The number of halogens is 3. The van der Waals surface area contributed by atoms with Crippen molar-refractivity contribution >= 4 is 5.69 Å². The van der Waals surface area contributed by atoms with Crippen LogP contribution in [0.15, 0.2) is 18.3 Å². The quantitative estimate of drug-likeness (QED) is 0.861. The first-order valence-corrected chi connectivity index (χ1v) is 5.10. The summed E-state index contributed by atoms with van der Waals surface area (Å²) in [6.45, 7) is 6.05. The van der Waals surface area contributed by atoms with Gasteiger partial charge in [-0.25, -0.2) is 4.98 Å². The highest BCUT2D eigenvalue weighted by atomic mass is 19.4. The topological polar surface area (TPSA) is 24.9 Å². The minimum absolute atomic E-state index is 0.193. The molecule has 5 heteroatoms. The van der Waals surface area contributed by atoms with Crippen molar-refractivity contribution in [2.24, 2.45) is 5.92 Å². The maximum atomic E-state index is 12.2. The third-order valence-corrected chi connectivity index (χ3v) is 2.45. The minimum Gasteiger partial charge on any atom is -0.381 e. The lowest BCUT2D eigenvalue weighted by Gasteiger charge is -2.18. The molecule has 0 aliphatic heterocycles. The van der Waals surface area contributed by atoms with Gasteiger partial charge in [0, 0.05) is 6.04 Å². The summed E-state index contributed by atoms with van der Waals surface area (Å²) >= 11 is 0. The summed E-state index contributed by atoms with van der Waals surface area (Å²) in [5, 5.41) is 3.09. The van der Waals surface area contributed by atoms with E-state index in [2.05, 4.69) is 10.3 Å². The number of nitrogens with one attached hydrogen (secondary N) is 1. The molecule has 16 heavy (non-hydrogen) atoms. The van der Waals surface area contributed by atoms with E-state index >= 15 is 0 Å². The van der Waals surface area contributed by atoms with Crippen LogP contribution >= 0.6 is 0 Å². The van der Waals surface area contributed by atoms with Crippen LogP contribution in [0.5, 0.6) is 0 Å². The van der Waals surface area contributed by atoms with Gasteiger partial charge in [0.1, 0.15) is 5.69 Å².